The summed E-state index contributed by atoms with van der Waals surface area (Å²) in [6, 6.07) is 6.99. The van der Waals surface area contributed by atoms with Crippen molar-refractivity contribution in [2.75, 3.05) is 31.1 Å². The second-order valence-corrected chi connectivity index (χ2v) is 5.69. The zero-order chi connectivity index (χ0) is 13.4. The van der Waals surface area contributed by atoms with Crippen molar-refractivity contribution in [2.45, 2.75) is 25.8 Å². The Kier molecular flexibility index (Phi) is 3.19. The lowest BCUT2D eigenvalue weighted by molar-refractivity contribution is 0.231. The van der Waals surface area contributed by atoms with Crippen LogP contribution >= 0.6 is 0 Å². The molecule has 0 amide bonds. The Balaban J connectivity index is 1.79. The minimum Gasteiger partial charge on any atom is -0.384 e. The van der Waals surface area contributed by atoms with Crippen molar-refractivity contribution in [1.82, 2.24) is 4.90 Å². The summed E-state index contributed by atoms with van der Waals surface area (Å²) < 4.78 is 0. The molecule has 19 heavy (non-hydrogen) atoms. The fourth-order valence-corrected chi connectivity index (χ4v) is 3.37. The topological polar surface area (TPSA) is 56.4 Å². The lowest BCUT2D eigenvalue weighted by Crippen LogP contribution is -2.50. The third-order valence-electron chi connectivity index (χ3n) is 4.45. The first-order valence-corrected chi connectivity index (χ1v) is 7.09. The maximum Gasteiger partial charge on any atom is 0.123 e. The van der Waals surface area contributed by atoms with E-state index in [0.717, 1.165) is 30.3 Å². The molecule has 2 aliphatic heterocycles. The molecular formula is C15H22N4. The van der Waals surface area contributed by atoms with Crippen LogP contribution in [0.4, 0.5) is 5.69 Å². The molecule has 1 unspecified atom stereocenters. The SMILES string of the molecule is Cc1cc(N2CCN3CCCC3C2)ccc1C(=N)N. The molecule has 0 radical (unpaired) electrons. The molecule has 2 aliphatic rings. The van der Waals surface area contributed by atoms with Gasteiger partial charge in [-0.1, -0.05) is 0 Å². The first-order chi connectivity index (χ1) is 9.15. The number of benzene rings is 1. The van der Waals surface area contributed by atoms with Gasteiger partial charge in [0.1, 0.15) is 5.84 Å². The molecule has 4 heteroatoms. The highest BCUT2D eigenvalue weighted by Gasteiger charge is 2.30. The van der Waals surface area contributed by atoms with Gasteiger partial charge in [0.05, 0.1) is 0 Å². The van der Waals surface area contributed by atoms with E-state index in [2.05, 4.69) is 21.9 Å². The second kappa shape index (κ2) is 4.85. The Labute approximate surface area is 114 Å². The number of rotatable bonds is 2. The summed E-state index contributed by atoms with van der Waals surface area (Å²) in [5.41, 5.74) is 8.79. The van der Waals surface area contributed by atoms with Crippen LogP contribution in [0.15, 0.2) is 18.2 Å². The Morgan fingerprint density at radius 3 is 2.89 bits per heavy atom. The number of anilines is 1. The molecule has 1 atom stereocenters. The average Bonchev–Trinajstić information content (AvgIpc) is 2.85. The van der Waals surface area contributed by atoms with E-state index in [1.165, 1.54) is 31.6 Å². The fourth-order valence-electron chi connectivity index (χ4n) is 3.37. The minimum absolute atomic E-state index is 0.157. The summed E-state index contributed by atoms with van der Waals surface area (Å²) in [6.07, 6.45) is 2.68. The van der Waals surface area contributed by atoms with Gasteiger partial charge < -0.3 is 10.6 Å². The van der Waals surface area contributed by atoms with E-state index < -0.39 is 0 Å². The summed E-state index contributed by atoms with van der Waals surface area (Å²) in [5.74, 6) is 0.157. The van der Waals surface area contributed by atoms with Crippen LogP contribution in [0.5, 0.6) is 0 Å². The normalized spacial score (nSPS) is 23.4. The van der Waals surface area contributed by atoms with Crippen LogP contribution in [0.1, 0.15) is 24.0 Å². The highest BCUT2D eigenvalue weighted by molar-refractivity contribution is 5.96. The van der Waals surface area contributed by atoms with Gasteiger partial charge in [0.25, 0.3) is 0 Å². The second-order valence-electron chi connectivity index (χ2n) is 5.69. The zero-order valence-corrected chi connectivity index (χ0v) is 11.5. The molecule has 2 heterocycles. The van der Waals surface area contributed by atoms with Crippen molar-refractivity contribution in [1.29, 1.82) is 5.41 Å². The number of fused-ring (bicyclic) bond motifs is 1. The number of aryl methyl sites for hydroxylation is 1. The number of nitrogen functional groups attached to an aromatic ring is 1. The van der Waals surface area contributed by atoms with Crippen molar-refractivity contribution < 1.29 is 0 Å². The molecule has 0 aliphatic carbocycles. The lowest BCUT2D eigenvalue weighted by atomic mass is 10.1. The highest BCUT2D eigenvalue weighted by Crippen LogP contribution is 2.26. The van der Waals surface area contributed by atoms with E-state index in [0.29, 0.717) is 0 Å². The van der Waals surface area contributed by atoms with Gasteiger partial charge in [0, 0.05) is 36.9 Å². The number of piperazine rings is 1. The standard InChI is InChI=1S/C15H22N4/c1-11-9-12(4-5-14(11)15(16)17)19-8-7-18-6-2-3-13(18)10-19/h4-5,9,13H,2-3,6-8,10H2,1H3,(H3,16,17). The van der Waals surface area contributed by atoms with Gasteiger partial charge in [-0.05, 0) is 50.1 Å². The van der Waals surface area contributed by atoms with Gasteiger partial charge in [0.2, 0.25) is 0 Å². The largest absolute Gasteiger partial charge is 0.384 e. The van der Waals surface area contributed by atoms with Crippen molar-refractivity contribution in [2.24, 2.45) is 5.73 Å². The van der Waals surface area contributed by atoms with Gasteiger partial charge in [-0.25, -0.2) is 0 Å². The smallest absolute Gasteiger partial charge is 0.123 e. The molecule has 1 aromatic rings. The lowest BCUT2D eigenvalue weighted by Gasteiger charge is -2.39. The maximum atomic E-state index is 7.55. The van der Waals surface area contributed by atoms with Crippen LogP contribution in [-0.4, -0.2) is 43.0 Å². The van der Waals surface area contributed by atoms with Crippen LogP contribution in [0.2, 0.25) is 0 Å². The van der Waals surface area contributed by atoms with Gasteiger partial charge in [0.15, 0.2) is 0 Å². The molecular weight excluding hydrogens is 236 g/mol. The van der Waals surface area contributed by atoms with E-state index in [9.17, 15) is 0 Å². The third kappa shape index (κ3) is 2.32. The Morgan fingerprint density at radius 2 is 2.16 bits per heavy atom. The predicted molar refractivity (Wildman–Crippen MR) is 79.0 cm³/mol. The predicted octanol–water partition coefficient (Wildman–Crippen LogP) is 1.56. The molecule has 3 N–H and O–H groups in total. The van der Waals surface area contributed by atoms with Crippen LogP contribution in [0.25, 0.3) is 0 Å². The molecule has 102 valence electrons. The molecule has 1 aromatic carbocycles. The van der Waals surface area contributed by atoms with Gasteiger partial charge in [-0.15, -0.1) is 0 Å². The van der Waals surface area contributed by atoms with Gasteiger partial charge >= 0.3 is 0 Å². The summed E-state index contributed by atoms with van der Waals surface area (Å²) in [4.78, 5) is 5.09. The van der Waals surface area contributed by atoms with E-state index in [1.807, 2.05) is 13.0 Å². The molecule has 0 saturated carbocycles. The number of hydrogen-bond donors (Lipinski definition) is 2. The molecule has 0 spiro atoms. The summed E-state index contributed by atoms with van der Waals surface area (Å²) >= 11 is 0. The number of amidine groups is 1. The van der Waals surface area contributed by atoms with Crippen LogP contribution < -0.4 is 10.6 Å². The summed E-state index contributed by atoms with van der Waals surface area (Å²) in [7, 11) is 0. The first kappa shape index (κ1) is 12.5. The van der Waals surface area contributed by atoms with Crippen LogP contribution in [0, 0.1) is 12.3 Å². The quantitative estimate of drug-likeness (QED) is 0.625. The molecule has 3 rings (SSSR count). The Bertz CT molecular complexity index is 497. The number of nitrogens with two attached hydrogens (primary N) is 1. The number of hydrogen-bond acceptors (Lipinski definition) is 3. The summed E-state index contributed by atoms with van der Waals surface area (Å²) in [6.45, 7) is 6.74. The summed E-state index contributed by atoms with van der Waals surface area (Å²) in [5, 5.41) is 7.55. The van der Waals surface area contributed by atoms with Crippen molar-refractivity contribution >= 4 is 11.5 Å². The van der Waals surface area contributed by atoms with E-state index in [-0.39, 0.29) is 5.84 Å². The van der Waals surface area contributed by atoms with Crippen molar-refractivity contribution in [3.05, 3.63) is 29.3 Å². The Morgan fingerprint density at radius 1 is 1.32 bits per heavy atom. The number of nitrogens with one attached hydrogen (secondary N) is 1. The van der Waals surface area contributed by atoms with E-state index in [1.54, 1.807) is 0 Å². The van der Waals surface area contributed by atoms with Crippen LogP contribution in [-0.2, 0) is 0 Å². The van der Waals surface area contributed by atoms with Gasteiger partial charge in [-0.2, -0.15) is 0 Å². The van der Waals surface area contributed by atoms with Crippen molar-refractivity contribution in [3.8, 4) is 0 Å². The Hall–Kier alpha value is -1.55. The minimum atomic E-state index is 0.157. The zero-order valence-electron chi connectivity index (χ0n) is 11.5. The molecule has 2 fully saturated rings. The average molecular weight is 258 g/mol. The maximum absolute atomic E-state index is 7.55. The number of nitrogens with zero attached hydrogens (tertiary/aromatic N) is 2. The van der Waals surface area contributed by atoms with Crippen LogP contribution in [0.3, 0.4) is 0 Å². The van der Waals surface area contributed by atoms with Gasteiger partial charge in [-0.3, -0.25) is 10.3 Å². The fraction of sp³-hybridized carbons (Fsp3) is 0.533. The molecule has 4 nitrogen and oxygen atoms in total. The third-order valence-corrected chi connectivity index (χ3v) is 4.45. The molecule has 2 saturated heterocycles. The molecule has 0 aromatic heterocycles. The highest BCUT2D eigenvalue weighted by atomic mass is 15.3. The first-order valence-electron chi connectivity index (χ1n) is 7.09. The molecule has 0 bridgehead atoms. The van der Waals surface area contributed by atoms with Crippen molar-refractivity contribution in [3.63, 3.8) is 0 Å². The van der Waals surface area contributed by atoms with E-state index in [4.69, 9.17) is 11.1 Å². The van der Waals surface area contributed by atoms with E-state index >= 15 is 0 Å². The monoisotopic (exact) mass is 258 g/mol.